The largest absolute Gasteiger partial charge is 0.324 e. The number of hydrogen-bond donors (Lipinski definition) is 1. The number of nitrogens with zero attached hydrogens (tertiary/aromatic N) is 1. The standard InChI is InChI=1S/C16H12ClFN2OS2/c17-11-7-10(18)5-6-12(11)19-15(21)8-22-9-16-20-13-3-1-2-4-14(13)23-16/h1-7H,8-9H2,(H,19,21). The van der Waals surface area contributed by atoms with Gasteiger partial charge in [-0.3, -0.25) is 4.79 Å². The summed E-state index contributed by atoms with van der Waals surface area (Å²) in [7, 11) is 0. The number of carbonyl (C=O) groups excluding carboxylic acids is 1. The predicted octanol–water partition coefficient (Wildman–Crippen LogP) is 4.96. The van der Waals surface area contributed by atoms with E-state index in [-0.39, 0.29) is 16.7 Å². The average molecular weight is 367 g/mol. The number of aromatic nitrogens is 1. The summed E-state index contributed by atoms with van der Waals surface area (Å²) in [5.74, 6) is 0.343. The Morgan fingerprint density at radius 2 is 2.13 bits per heavy atom. The summed E-state index contributed by atoms with van der Waals surface area (Å²) in [4.78, 5) is 16.4. The molecule has 1 N–H and O–H groups in total. The Bertz CT molecular complexity index is 820. The summed E-state index contributed by atoms with van der Waals surface area (Å²) in [5, 5.41) is 3.85. The van der Waals surface area contributed by atoms with Crippen molar-refractivity contribution in [2.24, 2.45) is 0 Å². The van der Waals surface area contributed by atoms with Gasteiger partial charge >= 0.3 is 0 Å². The summed E-state index contributed by atoms with van der Waals surface area (Å²) >= 11 is 8.99. The highest BCUT2D eigenvalue weighted by Gasteiger charge is 2.08. The van der Waals surface area contributed by atoms with Crippen molar-refractivity contribution in [3.05, 3.63) is 58.3 Å². The first-order chi connectivity index (χ1) is 11.1. The van der Waals surface area contributed by atoms with Crippen LogP contribution in [-0.4, -0.2) is 16.6 Å². The molecule has 7 heteroatoms. The summed E-state index contributed by atoms with van der Waals surface area (Å²) in [6.45, 7) is 0. The fourth-order valence-electron chi connectivity index (χ4n) is 1.99. The first-order valence-corrected chi connectivity index (χ1v) is 9.14. The Morgan fingerprint density at radius 3 is 2.91 bits per heavy atom. The average Bonchev–Trinajstić information content (AvgIpc) is 2.93. The molecule has 0 aliphatic carbocycles. The van der Waals surface area contributed by atoms with Gasteiger partial charge in [0.25, 0.3) is 0 Å². The van der Waals surface area contributed by atoms with Gasteiger partial charge in [-0.1, -0.05) is 23.7 Å². The quantitative estimate of drug-likeness (QED) is 0.693. The van der Waals surface area contributed by atoms with Gasteiger partial charge < -0.3 is 5.32 Å². The lowest BCUT2D eigenvalue weighted by Gasteiger charge is -2.06. The molecule has 3 nitrogen and oxygen atoms in total. The number of thiazole rings is 1. The Labute approximate surface area is 145 Å². The molecule has 1 heterocycles. The van der Waals surface area contributed by atoms with Crippen molar-refractivity contribution in [3.8, 4) is 0 Å². The molecule has 0 atom stereocenters. The monoisotopic (exact) mass is 366 g/mol. The molecule has 0 spiro atoms. The fraction of sp³-hybridized carbons (Fsp3) is 0.125. The first kappa shape index (κ1) is 16.2. The Morgan fingerprint density at radius 1 is 1.30 bits per heavy atom. The third kappa shape index (κ3) is 4.22. The highest BCUT2D eigenvalue weighted by Crippen LogP contribution is 2.25. The first-order valence-electron chi connectivity index (χ1n) is 6.79. The maximum Gasteiger partial charge on any atom is 0.234 e. The number of carbonyl (C=O) groups is 1. The summed E-state index contributed by atoms with van der Waals surface area (Å²) < 4.78 is 14.1. The van der Waals surface area contributed by atoms with Crippen LogP contribution in [0.2, 0.25) is 5.02 Å². The van der Waals surface area contributed by atoms with E-state index < -0.39 is 5.82 Å². The molecule has 23 heavy (non-hydrogen) atoms. The number of halogens is 2. The maximum absolute atomic E-state index is 13.0. The zero-order valence-electron chi connectivity index (χ0n) is 11.9. The van der Waals surface area contributed by atoms with Crippen molar-refractivity contribution < 1.29 is 9.18 Å². The summed E-state index contributed by atoms with van der Waals surface area (Å²) in [6.07, 6.45) is 0. The smallest absolute Gasteiger partial charge is 0.234 e. The number of thioether (sulfide) groups is 1. The molecule has 0 radical (unpaired) electrons. The number of nitrogens with one attached hydrogen (secondary N) is 1. The van der Waals surface area contributed by atoms with E-state index in [1.807, 2.05) is 24.3 Å². The minimum Gasteiger partial charge on any atom is -0.324 e. The van der Waals surface area contributed by atoms with Gasteiger partial charge in [-0.25, -0.2) is 9.37 Å². The van der Waals surface area contributed by atoms with Gasteiger partial charge in [-0.15, -0.1) is 23.1 Å². The Hall–Kier alpha value is -1.63. The number of benzene rings is 2. The van der Waals surface area contributed by atoms with Gasteiger partial charge in [0, 0.05) is 5.75 Å². The van der Waals surface area contributed by atoms with Gasteiger partial charge in [0.15, 0.2) is 0 Å². The van der Waals surface area contributed by atoms with E-state index in [1.165, 1.54) is 30.0 Å². The van der Waals surface area contributed by atoms with Gasteiger partial charge in [0.1, 0.15) is 10.8 Å². The van der Waals surface area contributed by atoms with E-state index in [9.17, 15) is 9.18 Å². The van der Waals surface area contributed by atoms with Crippen molar-refractivity contribution in [1.82, 2.24) is 4.98 Å². The second-order valence-electron chi connectivity index (χ2n) is 4.74. The number of fused-ring (bicyclic) bond motifs is 1. The van der Waals surface area contributed by atoms with Gasteiger partial charge in [0.2, 0.25) is 5.91 Å². The third-order valence-electron chi connectivity index (χ3n) is 3.00. The predicted molar refractivity (Wildman–Crippen MR) is 95.8 cm³/mol. The molecule has 0 aliphatic rings. The lowest BCUT2D eigenvalue weighted by molar-refractivity contribution is -0.113. The van der Waals surface area contributed by atoms with Crippen molar-refractivity contribution in [3.63, 3.8) is 0 Å². The lowest BCUT2D eigenvalue weighted by atomic mass is 10.3. The molecule has 3 aromatic rings. The molecular weight excluding hydrogens is 355 g/mol. The van der Waals surface area contributed by atoms with Crippen molar-refractivity contribution in [2.75, 3.05) is 11.1 Å². The molecule has 0 fully saturated rings. The topological polar surface area (TPSA) is 42.0 Å². The molecular formula is C16H12ClFN2OS2. The number of rotatable bonds is 5. The molecule has 2 aromatic carbocycles. The minimum absolute atomic E-state index is 0.176. The number of amides is 1. The molecule has 1 amide bonds. The molecule has 1 aromatic heterocycles. The van der Waals surface area contributed by atoms with Crippen LogP contribution in [0.3, 0.4) is 0 Å². The van der Waals surface area contributed by atoms with Gasteiger partial charge in [-0.2, -0.15) is 0 Å². The fourth-order valence-corrected chi connectivity index (χ4v) is 4.05. The van der Waals surface area contributed by atoms with Gasteiger partial charge in [0.05, 0.1) is 26.7 Å². The number of para-hydroxylation sites is 1. The minimum atomic E-state index is -0.432. The molecule has 0 aliphatic heterocycles. The van der Waals surface area contributed by atoms with Gasteiger partial charge in [-0.05, 0) is 30.3 Å². The second kappa shape index (κ2) is 7.29. The molecule has 3 rings (SSSR count). The van der Waals surface area contributed by atoms with E-state index in [1.54, 1.807) is 11.3 Å². The Kier molecular flexibility index (Phi) is 5.15. The van der Waals surface area contributed by atoms with Crippen LogP contribution in [0.25, 0.3) is 10.2 Å². The van der Waals surface area contributed by atoms with Crippen molar-refractivity contribution in [2.45, 2.75) is 5.75 Å². The third-order valence-corrected chi connectivity index (χ3v) is 5.48. The van der Waals surface area contributed by atoms with Crippen LogP contribution in [-0.2, 0) is 10.5 Å². The zero-order chi connectivity index (χ0) is 16.2. The number of hydrogen-bond acceptors (Lipinski definition) is 4. The van der Waals surface area contributed by atoms with E-state index in [4.69, 9.17) is 11.6 Å². The van der Waals surface area contributed by atoms with Crippen LogP contribution in [0, 0.1) is 5.82 Å². The molecule has 0 saturated heterocycles. The van der Waals surface area contributed by atoms with Crippen LogP contribution in [0.15, 0.2) is 42.5 Å². The number of anilines is 1. The SMILES string of the molecule is O=C(CSCc1nc2ccccc2s1)Nc1ccc(F)cc1Cl. The van der Waals surface area contributed by atoms with E-state index >= 15 is 0 Å². The van der Waals surface area contributed by atoms with Crippen LogP contribution in [0.1, 0.15) is 5.01 Å². The van der Waals surface area contributed by atoms with Crippen molar-refractivity contribution in [1.29, 1.82) is 0 Å². The summed E-state index contributed by atoms with van der Waals surface area (Å²) in [6, 6.07) is 11.8. The van der Waals surface area contributed by atoms with E-state index in [0.717, 1.165) is 15.2 Å². The van der Waals surface area contributed by atoms with Crippen LogP contribution < -0.4 is 5.32 Å². The Balaban J connectivity index is 1.52. The van der Waals surface area contributed by atoms with Crippen LogP contribution in [0.5, 0.6) is 0 Å². The highest BCUT2D eigenvalue weighted by atomic mass is 35.5. The maximum atomic E-state index is 13.0. The highest BCUT2D eigenvalue weighted by molar-refractivity contribution is 7.99. The molecule has 118 valence electrons. The lowest BCUT2D eigenvalue weighted by Crippen LogP contribution is -2.14. The van der Waals surface area contributed by atoms with Crippen molar-refractivity contribution >= 4 is 56.5 Å². The van der Waals surface area contributed by atoms with Crippen LogP contribution in [0.4, 0.5) is 10.1 Å². The zero-order valence-corrected chi connectivity index (χ0v) is 14.3. The second-order valence-corrected chi connectivity index (χ2v) is 7.25. The molecule has 0 saturated carbocycles. The molecule has 0 unspecified atom stereocenters. The normalized spacial score (nSPS) is 10.9. The van der Waals surface area contributed by atoms with E-state index in [2.05, 4.69) is 10.3 Å². The van der Waals surface area contributed by atoms with Crippen LogP contribution >= 0.6 is 34.7 Å². The molecule has 0 bridgehead atoms. The van der Waals surface area contributed by atoms with E-state index in [0.29, 0.717) is 11.4 Å². The summed E-state index contributed by atoms with van der Waals surface area (Å²) in [5.41, 5.74) is 1.40.